The molecule has 0 saturated carbocycles. The van der Waals surface area contributed by atoms with E-state index in [4.69, 9.17) is 9.15 Å². The molecule has 0 aliphatic carbocycles. The maximum absolute atomic E-state index is 12.3. The molecule has 3 aromatic rings. The van der Waals surface area contributed by atoms with Crippen LogP contribution in [0.3, 0.4) is 0 Å². The van der Waals surface area contributed by atoms with Crippen molar-refractivity contribution in [3.63, 3.8) is 0 Å². The summed E-state index contributed by atoms with van der Waals surface area (Å²) in [6.45, 7) is 3.98. The summed E-state index contributed by atoms with van der Waals surface area (Å²) in [6, 6.07) is 10.1. The van der Waals surface area contributed by atoms with Crippen molar-refractivity contribution >= 4 is 33.6 Å². The molecule has 1 aromatic heterocycles. The molecule has 2 saturated heterocycles. The van der Waals surface area contributed by atoms with Crippen LogP contribution in [0, 0.1) is 0 Å². The topological polar surface area (TPSA) is 71.8 Å². The number of amides is 2. The normalized spacial score (nSPS) is 20.6. The fourth-order valence-electron chi connectivity index (χ4n) is 4.59. The number of piperidine rings is 2. The van der Waals surface area contributed by atoms with Gasteiger partial charge in [0.1, 0.15) is 17.9 Å². The number of carbonyl (C=O) groups is 2. The molecule has 0 bridgehead atoms. The first-order chi connectivity index (χ1) is 14.7. The summed E-state index contributed by atoms with van der Waals surface area (Å²) < 4.78 is 11.8. The fraction of sp³-hybridized carbons (Fsp3) is 0.417. The Kier molecular flexibility index (Phi) is 5.17. The zero-order chi connectivity index (χ0) is 20.5. The number of nitrogens with zero attached hydrogens (tertiary/aromatic N) is 1. The molecule has 6 nitrogen and oxygen atoms in total. The Morgan fingerprint density at radius 1 is 1.07 bits per heavy atom. The Balaban J connectivity index is 1.37. The average molecular weight is 406 g/mol. The number of fused-ring (bicyclic) bond motifs is 2. The predicted molar refractivity (Wildman–Crippen MR) is 115 cm³/mol. The standard InChI is InChI=1S/C24H26N2O4/c27-23-7-6-19(24(28)25-23)21-15-30-22-14-16-4-5-18(12-17(16)13-20(21)22)29-11-10-26-8-2-1-3-9-26/h4-5,12-15,19H,1-3,6-11H2,(H,25,27,28)/t19-/m0/s1. The van der Waals surface area contributed by atoms with Crippen molar-refractivity contribution in [2.24, 2.45) is 0 Å². The van der Waals surface area contributed by atoms with Crippen LogP contribution >= 0.6 is 0 Å². The molecule has 2 aliphatic heterocycles. The molecule has 2 aromatic carbocycles. The molecule has 30 heavy (non-hydrogen) atoms. The van der Waals surface area contributed by atoms with E-state index in [-0.39, 0.29) is 17.7 Å². The SMILES string of the molecule is O=C1CC[C@@H](c2coc3cc4ccc(OCCN5CCCCC5)cc4cc23)C(=O)N1. The number of carbonyl (C=O) groups excluding carboxylic acids is 2. The van der Waals surface area contributed by atoms with Crippen molar-refractivity contribution in [1.82, 2.24) is 10.2 Å². The highest BCUT2D eigenvalue weighted by molar-refractivity contribution is 6.04. The molecule has 2 amide bonds. The van der Waals surface area contributed by atoms with Crippen molar-refractivity contribution < 1.29 is 18.7 Å². The zero-order valence-electron chi connectivity index (χ0n) is 17.0. The van der Waals surface area contributed by atoms with Crippen LogP contribution in [0.4, 0.5) is 0 Å². The first kappa shape index (κ1) is 19.1. The maximum Gasteiger partial charge on any atom is 0.234 e. The third-order valence-corrected chi connectivity index (χ3v) is 6.27. The Bertz CT molecular complexity index is 1100. The van der Waals surface area contributed by atoms with Crippen molar-refractivity contribution in [3.8, 4) is 5.75 Å². The van der Waals surface area contributed by atoms with Gasteiger partial charge in [0, 0.05) is 23.9 Å². The number of hydrogen-bond donors (Lipinski definition) is 1. The monoisotopic (exact) mass is 406 g/mol. The third kappa shape index (κ3) is 3.79. The lowest BCUT2D eigenvalue weighted by atomic mass is 9.90. The lowest BCUT2D eigenvalue weighted by Gasteiger charge is -2.26. The Morgan fingerprint density at radius 3 is 2.77 bits per heavy atom. The van der Waals surface area contributed by atoms with Crippen LogP contribution in [0.15, 0.2) is 41.0 Å². The molecule has 2 fully saturated rings. The Morgan fingerprint density at radius 2 is 1.93 bits per heavy atom. The van der Waals surface area contributed by atoms with E-state index in [0.717, 1.165) is 39.6 Å². The van der Waals surface area contributed by atoms with Gasteiger partial charge in [-0.05, 0) is 67.4 Å². The minimum Gasteiger partial charge on any atom is -0.492 e. The highest BCUT2D eigenvalue weighted by atomic mass is 16.5. The number of nitrogens with one attached hydrogen (secondary N) is 1. The van der Waals surface area contributed by atoms with Crippen molar-refractivity contribution in [2.45, 2.75) is 38.0 Å². The van der Waals surface area contributed by atoms with Crippen LogP contribution < -0.4 is 10.1 Å². The van der Waals surface area contributed by atoms with E-state index in [1.807, 2.05) is 24.3 Å². The van der Waals surface area contributed by atoms with Gasteiger partial charge in [0.2, 0.25) is 11.8 Å². The molecule has 1 atom stereocenters. The smallest absolute Gasteiger partial charge is 0.234 e. The number of benzene rings is 2. The van der Waals surface area contributed by atoms with Gasteiger partial charge in [-0.25, -0.2) is 0 Å². The van der Waals surface area contributed by atoms with E-state index in [9.17, 15) is 9.59 Å². The first-order valence-electron chi connectivity index (χ1n) is 10.8. The van der Waals surface area contributed by atoms with E-state index in [0.29, 0.717) is 19.4 Å². The number of imide groups is 1. The second-order valence-corrected chi connectivity index (χ2v) is 8.30. The van der Waals surface area contributed by atoms with Gasteiger partial charge in [-0.1, -0.05) is 12.5 Å². The fourth-order valence-corrected chi connectivity index (χ4v) is 4.59. The van der Waals surface area contributed by atoms with Gasteiger partial charge in [-0.15, -0.1) is 0 Å². The van der Waals surface area contributed by atoms with Crippen molar-refractivity contribution in [2.75, 3.05) is 26.2 Å². The van der Waals surface area contributed by atoms with E-state index in [2.05, 4.69) is 16.3 Å². The Labute approximate surface area is 175 Å². The summed E-state index contributed by atoms with van der Waals surface area (Å²) in [7, 11) is 0. The highest BCUT2D eigenvalue weighted by Gasteiger charge is 2.30. The van der Waals surface area contributed by atoms with E-state index >= 15 is 0 Å². The largest absolute Gasteiger partial charge is 0.492 e. The molecular weight excluding hydrogens is 380 g/mol. The van der Waals surface area contributed by atoms with Crippen LogP contribution in [-0.2, 0) is 9.59 Å². The molecule has 156 valence electrons. The van der Waals surface area contributed by atoms with Crippen LogP contribution in [0.25, 0.3) is 21.7 Å². The Hall–Kier alpha value is -2.86. The minimum absolute atomic E-state index is 0.208. The number of furan rings is 1. The lowest BCUT2D eigenvalue weighted by molar-refractivity contribution is -0.134. The third-order valence-electron chi connectivity index (χ3n) is 6.27. The van der Waals surface area contributed by atoms with E-state index < -0.39 is 0 Å². The predicted octanol–water partition coefficient (Wildman–Crippen LogP) is 3.97. The summed E-state index contributed by atoms with van der Waals surface area (Å²) in [5, 5.41) is 5.47. The van der Waals surface area contributed by atoms with Gasteiger partial charge in [-0.3, -0.25) is 19.8 Å². The van der Waals surface area contributed by atoms with Gasteiger partial charge < -0.3 is 9.15 Å². The molecular formula is C24H26N2O4. The molecule has 5 rings (SSSR count). The second-order valence-electron chi connectivity index (χ2n) is 8.30. The number of ether oxygens (including phenoxy) is 1. The lowest BCUT2D eigenvalue weighted by Crippen LogP contribution is -2.39. The van der Waals surface area contributed by atoms with Gasteiger partial charge in [-0.2, -0.15) is 0 Å². The quantitative estimate of drug-likeness (QED) is 0.649. The van der Waals surface area contributed by atoms with E-state index in [1.165, 1.54) is 32.4 Å². The molecule has 3 heterocycles. The summed E-state index contributed by atoms with van der Waals surface area (Å²) >= 11 is 0. The molecule has 0 spiro atoms. The minimum atomic E-state index is -0.356. The molecule has 0 unspecified atom stereocenters. The summed E-state index contributed by atoms with van der Waals surface area (Å²) in [5.74, 6) is 0.0416. The molecule has 2 aliphatic rings. The second kappa shape index (κ2) is 8.11. The number of likely N-dealkylation sites (tertiary alicyclic amines) is 1. The van der Waals surface area contributed by atoms with Crippen LogP contribution in [-0.4, -0.2) is 43.0 Å². The van der Waals surface area contributed by atoms with Gasteiger partial charge in [0.15, 0.2) is 0 Å². The van der Waals surface area contributed by atoms with Gasteiger partial charge in [0.25, 0.3) is 0 Å². The van der Waals surface area contributed by atoms with Crippen molar-refractivity contribution in [1.29, 1.82) is 0 Å². The van der Waals surface area contributed by atoms with Crippen molar-refractivity contribution in [3.05, 3.63) is 42.2 Å². The number of rotatable bonds is 5. The molecule has 6 heteroatoms. The number of hydrogen-bond acceptors (Lipinski definition) is 5. The van der Waals surface area contributed by atoms with Gasteiger partial charge >= 0.3 is 0 Å². The summed E-state index contributed by atoms with van der Waals surface area (Å²) in [5.41, 5.74) is 1.59. The van der Waals surface area contributed by atoms with Crippen LogP contribution in [0.2, 0.25) is 0 Å². The first-order valence-corrected chi connectivity index (χ1v) is 10.8. The zero-order valence-corrected chi connectivity index (χ0v) is 17.0. The van der Waals surface area contributed by atoms with Gasteiger partial charge in [0.05, 0.1) is 12.2 Å². The molecule has 0 radical (unpaired) electrons. The van der Waals surface area contributed by atoms with E-state index in [1.54, 1.807) is 6.26 Å². The van der Waals surface area contributed by atoms with Crippen LogP contribution in [0.5, 0.6) is 5.75 Å². The average Bonchev–Trinajstić information content (AvgIpc) is 3.15. The maximum atomic E-state index is 12.3. The summed E-state index contributed by atoms with van der Waals surface area (Å²) in [4.78, 5) is 26.3. The van der Waals surface area contributed by atoms with Crippen LogP contribution in [0.1, 0.15) is 43.6 Å². The molecule has 1 N–H and O–H groups in total. The summed E-state index contributed by atoms with van der Waals surface area (Å²) in [6.07, 6.45) is 6.42. The highest BCUT2D eigenvalue weighted by Crippen LogP contribution is 2.35.